The molecule has 3 N–H and O–H groups in total. The zero-order valence-electron chi connectivity index (χ0n) is 20.8. The number of amides is 3. The van der Waals surface area contributed by atoms with Crippen molar-refractivity contribution in [3.8, 4) is 11.3 Å². The summed E-state index contributed by atoms with van der Waals surface area (Å²) in [6.07, 6.45) is 9.28. The van der Waals surface area contributed by atoms with Gasteiger partial charge in [0, 0.05) is 16.5 Å². The second-order valence-corrected chi connectivity index (χ2v) is 11.3. The van der Waals surface area contributed by atoms with Gasteiger partial charge in [-0.3, -0.25) is 10.2 Å². The topological polar surface area (TPSA) is 83.1 Å². The van der Waals surface area contributed by atoms with Gasteiger partial charge in [-0.15, -0.1) is 0 Å². The van der Waals surface area contributed by atoms with Crippen molar-refractivity contribution in [1.82, 2.24) is 21.2 Å². The van der Waals surface area contributed by atoms with Crippen LogP contribution in [-0.2, 0) is 6.42 Å². The first kappa shape index (κ1) is 23.0. The van der Waals surface area contributed by atoms with Crippen molar-refractivity contribution in [3.05, 3.63) is 65.7 Å². The molecule has 3 aromatic rings. The third-order valence-electron chi connectivity index (χ3n) is 8.46. The molecule has 4 aliphatic carbocycles. The molecule has 0 saturated heterocycles. The average molecular weight is 483 g/mol. The van der Waals surface area contributed by atoms with Crippen LogP contribution in [0, 0.1) is 17.8 Å². The maximum absolute atomic E-state index is 13.3. The summed E-state index contributed by atoms with van der Waals surface area (Å²) in [6.45, 7) is 2.17. The molecule has 2 aromatic carbocycles. The van der Waals surface area contributed by atoms with Crippen LogP contribution in [-0.4, -0.2) is 22.5 Å². The lowest BCUT2D eigenvalue weighted by molar-refractivity contribution is -0.0137. The predicted octanol–water partition coefficient (Wildman–Crippen LogP) is 5.77. The van der Waals surface area contributed by atoms with Crippen molar-refractivity contribution >= 4 is 22.8 Å². The molecule has 0 unspecified atom stereocenters. The maximum Gasteiger partial charge on any atom is 0.333 e. The van der Waals surface area contributed by atoms with E-state index in [1.807, 2.05) is 30.3 Å². The Morgan fingerprint density at radius 3 is 2.25 bits per heavy atom. The molecule has 7 rings (SSSR count). The van der Waals surface area contributed by atoms with Crippen molar-refractivity contribution in [3.63, 3.8) is 0 Å². The van der Waals surface area contributed by atoms with E-state index in [0.29, 0.717) is 5.56 Å². The number of carbonyl (C=O) groups is 2. The summed E-state index contributed by atoms with van der Waals surface area (Å²) in [6, 6.07) is 17.4. The average Bonchev–Trinajstić information content (AvgIpc) is 2.86. The number of pyridine rings is 1. The number of hydrogen-bond donors (Lipinski definition) is 3. The number of benzene rings is 2. The number of para-hydroxylation sites is 1. The zero-order valence-corrected chi connectivity index (χ0v) is 20.8. The Kier molecular flexibility index (Phi) is 5.90. The van der Waals surface area contributed by atoms with E-state index in [9.17, 15) is 9.59 Å². The molecular formula is C30H34N4O2. The minimum atomic E-state index is -0.349. The van der Waals surface area contributed by atoms with E-state index in [0.717, 1.165) is 72.0 Å². The van der Waals surface area contributed by atoms with E-state index in [2.05, 4.69) is 47.4 Å². The number of fused-ring (bicyclic) bond motifs is 1. The van der Waals surface area contributed by atoms with Gasteiger partial charge in [-0.25, -0.2) is 15.2 Å². The molecule has 6 nitrogen and oxygen atoms in total. The van der Waals surface area contributed by atoms with Gasteiger partial charge in [0.1, 0.15) is 0 Å². The Bertz CT molecular complexity index is 1260. The molecule has 186 valence electrons. The normalized spacial score (nSPS) is 26.1. The van der Waals surface area contributed by atoms with Crippen molar-refractivity contribution in [2.75, 3.05) is 0 Å². The van der Waals surface area contributed by atoms with Crippen LogP contribution in [0.15, 0.2) is 54.6 Å². The molecule has 0 aliphatic heterocycles. The van der Waals surface area contributed by atoms with Gasteiger partial charge >= 0.3 is 6.03 Å². The van der Waals surface area contributed by atoms with Crippen LogP contribution in [0.3, 0.4) is 0 Å². The molecule has 6 heteroatoms. The monoisotopic (exact) mass is 482 g/mol. The van der Waals surface area contributed by atoms with E-state index in [-0.39, 0.29) is 17.5 Å². The van der Waals surface area contributed by atoms with Crippen molar-refractivity contribution in [2.45, 2.75) is 63.8 Å². The van der Waals surface area contributed by atoms with E-state index >= 15 is 0 Å². The molecule has 3 amide bonds. The molecule has 4 bridgehead atoms. The first-order valence-corrected chi connectivity index (χ1v) is 13.4. The molecule has 4 aliphatic rings. The standard InChI is InChI=1S/C30H34N4O2/c1-2-5-19-8-10-23(11-9-19)27-15-25(24-6-3-4-7-26(24)31-27)28(35)33-34-29(36)32-30-16-20-12-21(17-30)14-22(13-20)18-30/h3-4,6-11,15,20-22H,2,5,12-14,16-18H2,1H3,(H,33,35)(H2,32,34,36). The van der Waals surface area contributed by atoms with Gasteiger partial charge in [-0.1, -0.05) is 55.8 Å². The third-order valence-corrected chi connectivity index (χ3v) is 8.46. The SMILES string of the molecule is CCCc1ccc(-c2cc(C(=O)NNC(=O)NC34CC5CC(CC(C5)C3)C4)c3ccccc3n2)cc1. The van der Waals surface area contributed by atoms with Crippen LogP contribution in [0.2, 0.25) is 0 Å². The fourth-order valence-corrected chi connectivity index (χ4v) is 7.36. The minimum Gasteiger partial charge on any atom is -0.331 e. The number of hydrogen-bond acceptors (Lipinski definition) is 3. The molecule has 4 saturated carbocycles. The van der Waals surface area contributed by atoms with Gasteiger partial charge in [-0.2, -0.15) is 0 Å². The fourth-order valence-electron chi connectivity index (χ4n) is 7.36. The summed E-state index contributed by atoms with van der Waals surface area (Å²) < 4.78 is 0. The van der Waals surface area contributed by atoms with Crippen molar-refractivity contribution in [2.24, 2.45) is 17.8 Å². The molecule has 0 atom stereocenters. The summed E-state index contributed by atoms with van der Waals surface area (Å²) in [5.41, 5.74) is 9.39. The van der Waals surface area contributed by atoms with Crippen LogP contribution >= 0.6 is 0 Å². The molecule has 1 heterocycles. The largest absolute Gasteiger partial charge is 0.333 e. The van der Waals surface area contributed by atoms with E-state index < -0.39 is 0 Å². The van der Waals surface area contributed by atoms with Gasteiger partial charge in [-0.05, 0) is 80.4 Å². The molecular weight excluding hydrogens is 448 g/mol. The number of nitrogens with one attached hydrogen (secondary N) is 3. The highest BCUT2D eigenvalue weighted by molar-refractivity contribution is 6.07. The predicted molar refractivity (Wildman–Crippen MR) is 141 cm³/mol. The number of rotatable bonds is 5. The van der Waals surface area contributed by atoms with Crippen LogP contribution < -0.4 is 16.2 Å². The Hall–Kier alpha value is -3.41. The van der Waals surface area contributed by atoms with Gasteiger partial charge in [0.25, 0.3) is 5.91 Å². The maximum atomic E-state index is 13.3. The summed E-state index contributed by atoms with van der Waals surface area (Å²) >= 11 is 0. The highest BCUT2D eigenvalue weighted by Gasteiger charge is 2.51. The smallest absolute Gasteiger partial charge is 0.331 e. The molecule has 1 aromatic heterocycles. The van der Waals surface area contributed by atoms with Crippen LogP contribution in [0.4, 0.5) is 4.79 Å². The number of aryl methyl sites for hydroxylation is 1. The molecule has 0 radical (unpaired) electrons. The number of hydrazine groups is 1. The summed E-state index contributed by atoms with van der Waals surface area (Å²) in [5.74, 6) is 1.87. The van der Waals surface area contributed by atoms with Crippen molar-refractivity contribution in [1.29, 1.82) is 0 Å². The van der Waals surface area contributed by atoms with Crippen LogP contribution in [0.5, 0.6) is 0 Å². The minimum absolute atomic E-state index is 0.107. The quantitative estimate of drug-likeness (QED) is 0.404. The van der Waals surface area contributed by atoms with Gasteiger partial charge in [0.15, 0.2) is 0 Å². The highest BCUT2D eigenvalue weighted by atomic mass is 16.2. The number of nitrogens with zero attached hydrogens (tertiary/aromatic N) is 1. The molecule has 4 fully saturated rings. The lowest BCUT2D eigenvalue weighted by Crippen LogP contribution is -2.62. The fraction of sp³-hybridized carbons (Fsp3) is 0.433. The van der Waals surface area contributed by atoms with E-state index in [4.69, 9.17) is 4.98 Å². The second-order valence-electron chi connectivity index (χ2n) is 11.3. The zero-order chi connectivity index (χ0) is 24.7. The number of aromatic nitrogens is 1. The van der Waals surface area contributed by atoms with E-state index in [1.54, 1.807) is 0 Å². The lowest BCUT2D eigenvalue weighted by atomic mass is 9.53. The molecule has 0 spiro atoms. The Morgan fingerprint density at radius 2 is 1.58 bits per heavy atom. The Labute approximate surface area is 212 Å². The first-order chi connectivity index (χ1) is 17.5. The highest BCUT2D eigenvalue weighted by Crippen LogP contribution is 2.55. The number of urea groups is 1. The summed E-state index contributed by atoms with van der Waals surface area (Å²) in [5, 5.41) is 4.00. The van der Waals surface area contributed by atoms with Crippen LogP contribution in [0.25, 0.3) is 22.2 Å². The van der Waals surface area contributed by atoms with Gasteiger partial charge < -0.3 is 5.32 Å². The second kappa shape index (κ2) is 9.23. The van der Waals surface area contributed by atoms with E-state index in [1.165, 1.54) is 24.8 Å². The summed E-state index contributed by atoms with van der Waals surface area (Å²) in [7, 11) is 0. The van der Waals surface area contributed by atoms with Gasteiger partial charge in [0.05, 0.1) is 16.8 Å². The third kappa shape index (κ3) is 4.45. The Balaban J connectivity index is 1.18. The van der Waals surface area contributed by atoms with Crippen molar-refractivity contribution < 1.29 is 9.59 Å². The van der Waals surface area contributed by atoms with Gasteiger partial charge in [0.2, 0.25) is 0 Å². The molecule has 36 heavy (non-hydrogen) atoms. The Morgan fingerprint density at radius 1 is 0.917 bits per heavy atom. The summed E-state index contributed by atoms with van der Waals surface area (Å²) in [4.78, 5) is 30.9. The first-order valence-electron chi connectivity index (χ1n) is 13.4. The lowest BCUT2D eigenvalue weighted by Gasteiger charge is -2.56. The van der Waals surface area contributed by atoms with Crippen LogP contribution in [0.1, 0.15) is 67.8 Å². The number of carbonyl (C=O) groups excluding carboxylic acids is 2.